The molecule has 1 aliphatic heterocycles. The van der Waals surface area contributed by atoms with Crippen LogP contribution in [0.25, 0.3) is 11.0 Å². The van der Waals surface area contributed by atoms with Crippen molar-refractivity contribution in [3.05, 3.63) is 46.8 Å². The van der Waals surface area contributed by atoms with Crippen LogP contribution in [0.1, 0.15) is 34.8 Å². The fourth-order valence-electron chi connectivity index (χ4n) is 3.26. The van der Waals surface area contributed by atoms with Gasteiger partial charge in [0.1, 0.15) is 11.3 Å². The van der Waals surface area contributed by atoms with Crippen molar-refractivity contribution in [1.82, 2.24) is 9.78 Å². The lowest BCUT2D eigenvalue weighted by molar-refractivity contribution is -0.116. The number of hydrogen-bond acceptors (Lipinski definition) is 3. The lowest BCUT2D eigenvalue weighted by Gasteiger charge is -2.20. The van der Waals surface area contributed by atoms with Crippen LogP contribution in [0.2, 0.25) is 0 Å². The van der Waals surface area contributed by atoms with Gasteiger partial charge in [0.2, 0.25) is 5.91 Å². The minimum absolute atomic E-state index is 0.0211. The molecule has 1 N–H and O–H groups in total. The third kappa shape index (κ3) is 1.85. The molecular weight excluding hydrogens is 278 g/mol. The molecule has 22 heavy (non-hydrogen) atoms. The quantitative estimate of drug-likeness (QED) is 0.749. The van der Waals surface area contributed by atoms with Crippen LogP contribution in [0, 0.1) is 13.8 Å². The van der Waals surface area contributed by atoms with Gasteiger partial charge in [0.25, 0.3) is 0 Å². The molecule has 1 amide bonds. The number of benzene rings is 1. The van der Waals surface area contributed by atoms with Crippen molar-refractivity contribution >= 4 is 22.7 Å². The summed E-state index contributed by atoms with van der Waals surface area (Å²) >= 11 is 0. The number of nitrogens with zero attached hydrogens (tertiary/aromatic N) is 2. The highest BCUT2D eigenvalue weighted by molar-refractivity contribution is 5.94. The standard InChI is InChI=1S/C17H17N3O2/c1-9-4-5-14-11(6-9)10(2)16(22-14)12-7-15(21)18-17-13(12)8-20(3)19-17/h4-6,8,12H,7H2,1-3H3,(H,18,19,21). The van der Waals surface area contributed by atoms with Gasteiger partial charge in [-0.05, 0) is 31.5 Å². The van der Waals surface area contributed by atoms with Gasteiger partial charge >= 0.3 is 0 Å². The van der Waals surface area contributed by atoms with Crippen molar-refractivity contribution in [3.63, 3.8) is 0 Å². The zero-order chi connectivity index (χ0) is 15.4. The number of furan rings is 1. The molecule has 1 atom stereocenters. The van der Waals surface area contributed by atoms with Crippen LogP contribution in [-0.4, -0.2) is 15.7 Å². The second kappa shape index (κ2) is 4.47. The third-order valence-electron chi connectivity index (χ3n) is 4.32. The second-order valence-corrected chi connectivity index (χ2v) is 6.00. The highest BCUT2D eigenvalue weighted by Gasteiger charge is 2.32. The average Bonchev–Trinajstić information content (AvgIpc) is 2.98. The molecule has 1 unspecified atom stereocenters. The number of nitrogens with one attached hydrogen (secondary N) is 1. The molecule has 3 heterocycles. The van der Waals surface area contributed by atoms with E-state index in [2.05, 4.69) is 30.3 Å². The van der Waals surface area contributed by atoms with Crippen molar-refractivity contribution in [2.75, 3.05) is 5.32 Å². The summed E-state index contributed by atoms with van der Waals surface area (Å²) in [5.41, 5.74) is 4.19. The maximum absolute atomic E-state index is 12.0. The van der Waals surface area contributed by atoms with E-state index in [-0.39, 0.29) is 11.8 Å². The third-order valence-corrected chi connectivity index (χ3v) is 4.32. The van der Waals surface area contributed by atoms with E-state index in [1.54, 1.807) is 4.68 Å². The predicted octanol–water partition coefficient (Wildman–Crippen LogP) is 3.26. The zero-order valence-corrected chi connectivity index (χ0v) is 12.8. The van der Waals surface area contributed by atoms with Crippen LogP contribution in [0.5, 0.6) is 0 Å². The number of rotatable bonds is 1. The van der Waals surface area contributed by atoms with Gasteiger partial charge in [-0.3, -0.25) is 9.48 Å². The molecule has 1 aromatic carbocycles. The van der Waals surface area contributed by atoms with Crippen LogP contribution < -0.4 is 5.32 Å². The van der Waals surface area contributed by atoms with E-state index < -0.39 is 0 Å². The molecular formula is C17H17N3O2. The lowest BCUT2D eigenvalue weighted by atomic mass is 9.89. The summed E-state index contributed by atoms with van der Waals surface area (Å²) in [6.07, 6.45) is 2.34. The number of fused-ring (bicyclic) bond motifs is 2. The Kier molecular flexibility index (Phi) is 2.66. The van der Waals surface area contributed by atoms with Crippen molar-refractivity contribution in [1.29, 1.82) is 0 Å². The Morgan fingerprint density at radius 3 is 3.00 bits per heavy atom. The Morgan fingerprint density at radius 2 is 2.18 bits per heavy atom. The van der Waals surface area contributed by atoms with E-state index in [1.807, 2.05) is 25.4 Å². The first-order valence-electron chi connectivity index (χ1n) is 7.36. The van der Waals surface area contributed by atoms with Gasteiger partial charge in [-0.2, -0.15) is 5.10 Å². The van der Waals surface area contributed by atoms with Crippen LogP contribution in [-0.2, 0) is 11.8 Å². The molecule has 5 heteroatoms. The Balaban J connectivity index is 1.92. The number of aryl methyl sites for hydroxylation is 3. The van der Waals surface area contributed by atoms with Gasteiger partial charge in [0.05, 0.1) is 5.92 Å². The van der Waals surface area contributed by atoms with E-state index in [9.17, 15) is 4.79 Å². The van der Waals surface area contributed by atoms with Crippen molar-refractivity contribution < 1.29 is 9.21 Å². The maximum atomic E-state index is 12.0. The minimum atomic E-state index is -0.0786. The molecule has 4 rings (SSSR count). The van der Waals surface area contributed by atoms with Gasteiger partial charge in [0.15, 0.2) is 5.82 Å². The van der Waals surface area contributed by atoms with Crippen molar-refractivity contribution in [2.45, 2.75) is 26.2 Å². The Labute approximate surface area is 127 Å². The number of hydrogen-bond donors (Lipinski definition) is 1. The van der Waals surface area contributed by atoms with Crippen molar-refractivity contribution in [3.8, 4) is 0 Å². The summed E-state index contributed by atoms with van der Waals surface area (Å²) in [6, 6.07) is 6.16. The Morgan fingerprint density at radius 1 is 1.36 bits per heavy atom. The van der Waals surface area contributed by atoms with E-state index in [1.165, 1.54) is 5.56 Å². The Bertz CT molecular complexity index is 904. The topological polar surface area (TPSA) is 60.1 Å². The molecule has 5 nitrogen and oxygen atoms in total. The highest BCUT2D eigenvalue weighted by atomic mass is 16.3. The monoisotopic (exact) mass is 295 g/mol. The molecule has 0 fully saturated rings. The number of anilines is 1. The van der Waals surface area contributed by atoms with Crippen LogP contribution in [0.4, 0.5) is 5.82 Å². The number of amides is 1. The fourth-order valence-corrected chi connectivity index (χ4v) is 3.26. The molecule has 1 aliphatic rings. The van der Waals surface area contributed by atoms with Gasteiger partial charge in [0, 0.05) is 30.6 Å². The SMILES string of the molecule is Cc1ccc2oc(C3CC(=O)Nc4nn(C)cc43)c(C)c2c1. The van der Waals surface area contributed by atoms with E-state index >= 15 is 0 Å². The lowest BCUT2D eigenvalue weighted by Crippen LogP contribution is -2.23. The molecule has 2 aromatic heterocycles. The molecule has 112 valence electrons. The second-order valence-electron chi connectivity index (χ2n) is 6.00. The van der Waals surface area contributed by atoms with Crippen LogP contribution >= 0.6 is 0 Å². The Hall–Kier alpha value is -2.56. The van der Waals surface area contributed by atoms with Crippen LogP contribution in [0.15, 0.2) is 28.8 Å². The summed E-state index contributed by atoms with van der Waals surface area (Å²) in [7, 11) is 1.86. The van der Waals surface area contributed by atoms with Gasteiger partial charge < -0.3 is 9.73 Å². The van der Waals surface area contributed by atoms with Crippen molar-refractivity contribution in [2.24, 2.45) is 7.05 Å². The molecule has 3 aromatic rings. The average molecular weight is 295 g/mol. The molecule has 0 bridgehead atoms. The van der Waals surface area contributed by atoms with Gasteiger partial charge in [-0.1, -0.05) is 11.6 Å². The first-order chi connectivity index (χ1) is 10.5. The first kappa shape index (κ1) is 13.1. The highest BCUT2D eigenvalue weighted by Crippen LogP contribution is 2.40. The first-order valence-corrected chi connectivity index (χ1v) is 7.36. The summed E-state index contributed by atoms with van der Waals surface area (Å²) < 4.78 is 7.82. The predicted molar refractivity (Wildman–Crippen MR) is 84.0 cm³/mol. The molecule has 0 spiro atoms. The molecule has 0 radical (unpaired) electrons. The normalized spacial score (nSPS) is 17.6. The smallest absolute Gasteiger partial charge is 0.226 e. The number of carbonyl (C=O) groups is 1. The number of carbonyl (C=O) groups excluding carboxylic acids is 1. The van der Waals surface area contributed by atoms with E-state index in [0.29, 0.717) is 12.2 Å². The van der Waals surface area contributed by atoms with Gasteiger partial charge in [-0.15, -0.1) is 0 Å². The van der Waals surface area contributed by atoms with Gasteiger partial charge in [-0.25, -0.2) is 0 Å². The molecule has 0 saturated heterocycles. The van der Waals surface area contributed by atoms with Crippen LogP contribution in [0.3, 0.4) is 0 Å². The summed E-state index contributed by atoms with van der Waals surface area (Å²) in [6.45, 7) is 4.13. The summed E-state index contributed by atoms with van der Waals surface area (Å²) in [5.74, 6) is 1.40. The molecule has 0 aliphatic carbocycles. The summed E-state index contributed by atoms with van der Waals surface area (Å²) in [4.78, 5) is 12.0. The minimum Gasteiger partial charge on any atom is -0.460 e. The summed E-state index contributed by atoms with van der Waals surface area (Å²) in [5, 5.41) is 8.27. The van der Waals surface area contributed by atoms with E-state index in [4.69, 9.17) is 4.42 Å². The van der Waals surface area contributed by atoms with E-state index in [0.717, 1.165) is 27.9 Å². The maximum Gasteiger partial charge on any atom is 0.226 e. The largest absolute Gasteiger partial charge is 0.460 e. The zero-order valence-electron chi connectivity index (χ0n) is 12.8. The fraction of sp³-hybridized carbons (Fsp3) is 0.294. The molecule has 0 saturated carbocycles. The number of aromatic nitrogens is 2.